The van der Waals surface area contributed by atoms with Crippen LogP contribution in [-0.2, 0) is 6.42 Å². The van der Waals surface area contributed by atoms with Gasteiger partial charge in [-0.1, -0.05) is 13.0 Å². The van der Waals surface area contributed by atoms with Crippen LogP contribution in [0.3, 0.4) is 0 Å². The standard InChI is InChI=1S/C28H35N7O2/c1-3-23-27(37-22-7-4-6-19(29)18-22)33-26(24(32-23)25(30)36)31-20-8-10-21(11-9-20)35-16-13-28(14-17-35)12-5-15-34(28)2/h4,6-11,18H,3,5,12-17,29H2,1-2H3,(H2,30,36)(H,31,33). The molecule has 0 bridgehead atoms. The molecule has 1 aromatic heterocycles. The lowest BCUT2D eigenvalue weighted by atomic mass is 9.85. The number of amides is 1. The molecule has 9 nitrogen and oxygen atoms in total. The maximum Gasteiger partial charge on any atom is 0.271 e. The van der Waals surface area contributed by atoms with Gasteiger partial charge in [-0.25, -0.2) is 4.98 Å². The third-order valence-electron chi connectivity index (χ3n) is 7.71. The van der Waals surface area contributed by atoms with Gasteiger partial charge < -0.3 is 31.3 Å². The molecule has 5 N–H and O–H groups in total. The van der Waals surface area contributed by atoms with Gasteiger partial charge in [-0.3, -0.25) is 4.79 Å². The molecule has 194 valence electrons. The van der Waals surface area contributed by atoms with Crippen molar-refractivity contribution < 1.29 is 9.53 Å². The number of aryl methyl sites for hydroxylation is 1. The highest BCUT2D eigenvalue weighted by atomic mass is 16.5. The van der Waals surface area contributed by atoms with Gasteiger partial charge in [0.1, 0.15) is 11.4 Å². The van der Waals surface area contributed by atoms with Gasteiger partial charge in [0, 0.05) is 41.8 Å². The molecule has 9 heteroatoms. The molecule has 1 spiro atoms. The zero-order chi connectivity index (χ0) is 26.0. The van der Waals surface area contributed by atoms with Gasteiger partial charge in [0.25, 0.3) is 5.91 Å². The average Bonchev–Trinajstić information content (AvgIpc) is 3.24. The van der Waals surface area contributed by atoms with Crippen molar-refractivity contribution in [2.24, 2.45) is 5.73 Å². The molecule has 0 unspecified atom stereocenters. The van der Waals surface area contributed by atoms with E-state index in [1.54, 1.807) is 24.3 Å². The molecule has 0 aliphatic carbocycles. The number of carbonyl (C=O) groups is 1. The first kappa shape index (κ1) is 24.8. The number of nitrogens with two attached hydrogens (primary N) is 2. The third-order valence-corrected chi connectivity index (χ3v) is 7.71. The molecule has 0 radical (unpaired) electrons. The van der Waals surface area contributed by atoms with E-state index in [1.165, 1.54) is 37.9 Å². The fraction of sp³-hybridized carbons (Fsp3) is 0.393. The van der Waals surface area contributed by atoms with Crippen molar-refractivity contribution in [3.63, 3.8) is 0 Å². The smallest absolute Gasteiger partial charge is 0.271 e. The second-order valence-corrected chi connectivity index (χ2v) is 9.97. The van der Waals surface area contributed by atoms with Crippen molar-refractivity contribution in [3.8, 4) is 11.6 Å². The molecule has 2 aliphatic rings. The van der Waals surface area contributed by atoms with Crippen molar-refractivity contribution in [1.82, 2.24) is 14.9 Å². The van der Waals surface area contributed by atoms with Crippen LogP contribution in [0.4, 0.5) is 22.9 Å². The van der Waals surface area contributed by atoms with E-state index in [0.29, 0.717) is 35.0 Å². The van der Waals surface area contributed by atoms with Gasteiger partial charge in [0.05, 0.1) is 0 Å². The Morgan fingerprint density at radius 1 is 1.08 bits per heavy atom. The second kappa shape index (κ2) is 10.3. The molecule has 3 heterocycles. The van der Waals surface area contributed by atoms with E-state index in [0.717, 1.165) is 18.8 Å². The summed E-state index contributed by atoms with van der Waals surface area (Å²) in [5, 5.41) is 3.21. The fourth-order valence-corrected chi connectivity index (χ4v) is 5.49. The van der Waals surface area contributed by atoms with E-state index in [9.17, 15) is 4.79 Å². The van der Waals surface area contributed by atoms with Crippen LogP contribution in [-0.4, -0.2) is 53.0 Å². The summed E-state index contributed by atoms with van der Waals surface area (Å²) in [4.78, 5) is 26.3. The molecular weight excluding hydrogens is 466 g/mol. The number of likely N-dealkylation sites (tertiary alicyclic amines) is 1. The molecule has 2 aliphatic heterocycles. The number of hydrogen-bond donors (Lipinski definition) is 3. The van der Waals surface area contributed by atoms with Gasteiger partial charge in [-0.05, 0) is 82.1 Å². The van der Waals surface area contributed by atoms with Crippen LogP contribution < -0.4 is 26.4 Å². The molecule has 2 aromatic carbocycles. The Morgan fingerprint density at radius 3 is 2.46 bits per heavy atom. The van der Waals surface area contributed by atoms with Crippen molar-refractivity contribution in [3.05, 3.63) is 59.9 Å². The highest BCUT2D eigenvalue weighted by Crippen LogP contribution is 2.38. The molecule has 37 heavy (non-hydrogen) atoms. The number of nitrogens with zero attached hydrogens (tertiary/aromatic N) is 4. The molecule has 2 saturated heterocycles. The van der Waals surface area contributed by atoms with Crippen molar-refractivity contribution in [1.29, 1.82) is 0 Å². The van der Waals surface area contributed by atoms with Gasteiger partial charge in [0.15, 0.2) is 11.5 Å². The molecule has 3 aromatic rings. The molecule has 2 fully saturated rings. The second-order valence-electron chi connectivity index (χ2n) is 9.97. The largest absolute Gasteiger partial charge is 0.437 e. The first-order chi connectivity index (χ1) is 17.9. The molecule has 1 amide bonds. The van der Waals surface area contributed by atoms with Crippen LogP contribution >= 0.6 is 0 Å². The van der Waals surface area contributed by atoms with Crippen molar-refractivity contribution in [2.75, 3.05) is 42.6 Å². The number of hydrogen-bond acceptors (Lipinski definition) is 8. The third kappa shape index (κ3) is 5.17. The number of rotatable bonds is 7. The lowest BCUT2D eigenvalue weighted by Crippen LogP contribution is -2.50. The lowest BCUT2D eigenvalue weighted by molar-refractivity contribution is 0.0996. The summed E-state index contributed by atoms with van der Waals surface area (Å²) in [6.07, 6.45) is 5.52. The fourth-order valence-electron chi connectivity index (χ4n) is 5.49. The number of ether oxygens (including phenoxy) is 1. The van der Waals surface area contributed by atoms with Gasteiger partial charge in [-0.15, -0.1) is 0 Å². The zero-order valence-corrected chi connectivity index (χ0v) is 21.5. The quantitative estimate of drug-likeness (QED) is 0.409. The predicted molar refractivity (Wildman–Crippen MR) is 147 cm³/mol. The molecule has 0 atom stereocenters. The predicted octanol–water partition coefficient (Wildman–Crippen LogP) is 4.32. The topological polar surface area (TPSA) is 123 Å². The summed E-state index contributed by atoms with van der Waals surface area (Å²) >= 11 is 0. The Labute approximate surface area is 217 Å². The van der Waals surface area contributed by atoms with Gasteiger partial charge in [-0.2, -0.15) is 4.98 Å². The van der Waals surface area contributed by atoms with Crippen LogP contribution in [0.1, 0.15) is 48.8 Å². The first-order valence-electron chi connectivity index (χ1n) is 12.9. The maximum atomic E-state index is 12.2. The van der Waals surface area contributed by atoms with Crippen LogP contribution in [0.15, 0.2) is 48.5 Å². The summed E-state index contributed by atoms with van der Waals surface area (Å²) in [7, 11) is 2.27. The van der Waals surface area contributed by atoms with E-state index >= 15 is 0 Å². The zero-order valence-electron chi connectivity index (χ0n) is 21.5. The van der Waals surface area contributed by atoms with Gasteiger partial charge >= 0.3 is 0 Å². The minimum Gasteiger partial charge on any atom is -0.437 e. The average molecular weight is 502 g/mol. The first-order valence-corrected chi connectivity index (χ1v) is 12.9. The number of aromatic nitrogens is 2. The van der Waals surface area contributed by atoms with Crippen LogP contribution in [0, 0.1) is 0 Å². The normalized spacial score (nSPS) is 17.2. The minimum atomic E-state index is -0.657. The van der Waals surface area contributed by atoms with E-state index in [-0.39, 0.29) is 11.5 Å². The summed E-state index contributed by atoms with van der Waals surface area (Å²) in [6, 6.07) is 15.2. The summed E-state index contributed by atoms with van der Waals surface area (Å²) in [6.45, 7) is 5.23. The van der Waals surface area contributed by atoms with Gasteiger partial charge in [0.2, 0.25) is 5.88 Å². The number of nitrogens with one attached hydrogen (secondary N) is 1. The summed E-state index contributed by atoms with van der Waals surface area (Å²) in [5.41, 5.74) is 15.1. The SMILES string of the molecule is CCc1nc(C(N)=O)c(Nc2ccc(N3CCC4(CCCN4C)CC3)cc2)nc1Oc1cccc(N)c1. The Morgan fingerprint density at radius 2 is 1.84 bits per heavy atom. The van der Waals surface area contributed by atoms with Crippen LogP contribution in [0.25, 0.3) is 0 Å². The van der Waals surface area contributed by atoms with E-state index in [1.807, 2.05) is 19.1 Å². The van der Waals surface area contributed by atoms with Crippen LogP contribution in [0.2, 0.25) is 0 Å². The molecule has 5 rings (SSSR count). The van der Waals surface area contributed by atoms with E-state index in [2.05, 4.69) is 44.3 Å². The van der Waals surface area contributed by atoms with Crippen molar-refractivity contribution in [2.45, 2.75) is 44.6 Å². The number of piperidine rings is 1. The number of benzene rings is 2. The molecule has 0 saturated carbocycles. The minimum absolute atomic E-state index is 0.0721. The van der Waals surface area contributed by atoms with E-state index < -0.39 is 5.91 Å². The number of anilines is 4. The van der Waals surface area contributed by atoms with Crippen molar-refractivity contribution >= 4 is 28.8 Å². The highest BCUT2D eigenvalue weighted by molar-refractivity contribution is 5.96. The molecular formula is C28H35N7O2. The Kier molecular flexibility index (Phi) is 6.88. The monoisotopic (exact) mass is 501 g/mol. The highest BCUT2D eigenvalue weighted by Gasteiger charge is 2.41. The number of primary amides is 1. The Hall–Kier alpha value is -3.85. The maximum absolute atomic E-state index is 12.2. The number of carbonyl (C=O) groups excluding carboxylic acids is 1. The van der Waals surface area contributed by atoms with E-state index in [4.69, 9.17) is 16.2 Å². The summed E-state index contributed by atoms with van der Waals surface area (Å²) in [5.74, 6) is 0.436. The Balaban J connectivity index is 1.34. The summed E-state index contributed by atoms with van der Waals surface area (Å²) < 4.78 is 5.98. The lowest BCUT2D eigenvalue weighted by Gasteiger charge is -2.44. The number of nitrogen functional groups attached to an aromatic ring is 1. The van der Waals surface area contributed by atoms with Crippen LogP contribution in [0.5, 0.6) is 11.6 Å². The Bertz CT molecular complexity index is 1270.